The minimum absolute atomic E-state index is 0.0822. The minimum Gasteiger partial charge on any atom is -0.396 e. The van der Waals surface area contributed by atoms with Gasteiger partial charge in [0.15, 0.2) is 5.83 Å². The van der Waals surface area contributed by atoms with Gasteiger partial charge in [-0.2, -0.15) is 8.78 Å². The van der Waals surface area contributed by atoms with Gasteiger partial charge in [-0.05, 0) is 12.8 Å². The van der Waals surface area contributed by atoms with E-state index in [4.69, 9.17) is 5.11 Å². The molecule has 0 bridgehead atoms. The maximum atomic E-state index is 11.9. The molecule has 0 aliphatic heterocycles. The highest BCUT2D eigenvalue weighted by atomic mass is 19.3. The van der Waals surface area contributed by atoms with E-state index >= 15 is 0 Å². The summed E-state index contributed by atoms with van der Waals surface area (Å²) in [7, 11) is 0. The third-order valence-electron chi connectivity index (χ3n) is 1.01. The summed E-state index contributed by atoms with van der Waals surface area (Å²) < 4.78 is 34.5. The Morgan fingerprint density at radius 1 is 1.10 bits per heavy atom. The second-order valence-electron chi connectivity index (χ2n) is 1.85. The van der Waals surface area contributed by atoms with Crippen LogP contribution in [0.2, 0.25) is 0 Å². The summed E-state index contributed by atoms with van der Waals surface area (Å²) in [6.07, 6.45) is -1.90. The third kappa shape index (κ3) is 4.38. The smallest absolute Gasteiger partial charge is 0.301 e. The van der Waals surface area contributed by atoms with Crippen LogP contribution >= 0.6 is 0 Å². The molecule has 0 unspecified atom stereocenters. The Balaban J connectivity index is 3.40. The largest absolute Gasteiger partial charge is 0.396 e. The lowest BCUT2D eigenvalue weighted by molar-refractivity contribution is 0.281. The van der Waals surface area contributed by atoms with Crippen LogP contribution < -0.4 is 0 Å². The fourth-order valence-electron chi connectivity index (χ4n) is 0.486. The first-order chi connectivity index (χ1) is 4.68. The molecule has 0 heterocycles. The van der Waals surface area contributed by atoms with E-state index in [0.717, 1.165) is 0 Å². The first-order valence-electron chi connectivity index (χ1n) is 2.99. The fourth-order valence-corrected chi connectivity index (χ4v) is 0.486. The van der Waals surface area contributed by atoms with Gasteiger partial charge < -0.3 is 5.11 Å². The molecule has 1 N–H and O–H groups in total. The molecular weight excluding hydrogens is 145 g/mol. The zero-order chi connectivity index (χ0) is 7.98. The molecule has 0 atom stereocenters. The number of aliphatic hydroxyl groups is 1. The molecule has 4 heteroatoms. The topological polar surface area (TPSA) is 20.2 Å². The number of halogens is 3. The molecule has 0 aromatic carbocycles. The molecule has 0 aromatic rings. The summed E-state index contributed by atoms with van der Waals surface area (Å²) in [5, 5.41) is 8.19. The van der Waals surface area contributed by atoms with E-state index in [-0.39, 0.29) is 19.4 Å². The number of hydrogen-bond donors (Lipinski definition) is 1. The van der Waals surface area contributed by atoms with Crippen LogP contribution in [0.25, 0.3) is 0 Å². The van der Waals surface area contributed by atoms with Crippen LogP contribution in [0.15, 0.2) is 11.9 Å². The molecule has 0 aliphatic rings. The van der Waals surface area contributed by atoms with Crippen molar-refractivity contribution in [1.82, 2.24) is 0 Å². The van der Waals surface area contributed by atoms with Gasteiger partial charge in [0, 0.05) is 13.0 Å². The Hall–Kier alpha value is -0.510. The summed E-state index contributed by atoms with van der Waals surface area (Å²) in [4.78, 5) is 0. The SMILES string of the molecule is OCCCCC(F)=C(F)F. The molecule has 0 spiro atoms. The van der Waals surface area contributed by atoms with Crippen molar-refractivity contribution < 1.29 is 18.3 Å². The van der Waals surface area contributed by atoms with Gasteiger partial charge in [-0.25, -0.2) is 4.39 Å². The highest BCUT2D eigenvalue weighted by molar-refractivity contribution is 4.90. The molecule has 0 amide bonds. The van der Waals surface area contributed by atoms with Crippen LogP contribution in [-0.4, -0.2) is 11.7 Å². The third-order valence-corrected chi connectivity index (χ3v) is 1.01. The zero-order valence-electron chi connectivity index (χ0n) is 5.41. The first kappa shape index (κ1) is 9.49. The molecule has 0 saturated heterocycles. The molecule has 0 radical (unpaired) electrons. The molecule has 0 aromatic heterocycles. The lowest BCUT2D eigenvalue weighted by Gasteiger charge is -1.93. The first-order valence-corrected chi connectivity index (χ1v) is 2.99. The van der Waals surface area contributed by atoms with E-state index < -0.39 is 11.9 Å². The van der Waals surface area contributed by atoms with Crippen LogP contribution in [0.4, 0.5) is 13.2 Å². The van der Waals surface area contributed by atoms with Crippen LogP contribution in [0, 0.1) is 0 Å². The lowest BCUT2D eigenvalue weighted by Crippen LogP contribution is -1.83. The van der Waals surface area contributed by atoms with Gasteiger partial charge in [-0.3, -0.25) is 0 Å². The highest BCUT2D eigenvalue weighted by Crippen LogP contribution is 2.15. The Bertz CT molecular complexity index is 118. The molecule has 60 valence electrons. The summed E-state index contributed by atoms with van der Waals surface area (Å²) in [5.74, 6) is -1.37. The quantitative estimate of drug-likeness (QED) is 0.615. The maximum absolute atomic E-state index is 11.9. The number of allylic oxidation sites excluding steroid dienone is 1. The normalized spacial score (nSPS) is 9.60. The van der Waals surface area contributed by atoms with Gasteiger partial charge in [-0.15, -0.1) is 0 Å². The van der Waals surface area contributed by atoms with Gasteiger partial charge >= 0.3 is 6.08 Å². The maximum Gasteiger partial charge on any atom is 0.301 e. The molecule has 0 saturated carbocycles. The monoisotopic (exact) mass is 154 g/mol. The van der Waals surface area contributed by atoms with Crippen molar-refractivity contribution in [3.8, 4) is 0 Å². The van der Waals surface area contributed by atoms with Crippen molar-refractivity contribution in [1.29, 1.82) is 0 Å². The van der Waals surface area contributed by atoms with E-state index in [1.54, 1.807) is 0 Å². The summed E-state index contributed by atoms with van der Waals surface area (Å²) in [6, 6.07) is 0. The van der Waals surface area contributed by atoms with E-state index in [1.807, 2.05) is 0 Å². The van der Waals surface area contributed by atoms with Gasteiger partial charge in [0.25, 0.3) is 0 Å². The zero-order valence-corrected chi connectivity index (χ0v) is 5.41. The number of unbranched alkanes of at least 4 members (excludes halogenated alkanes) is 1. The van der Waals surface area contributed by atoms with Gasteiger partial charge in [0.05, 0.1) is 0 Å². The minimum atomic E-state index is -2.25. The number of rotatable bonds is 4. The predicted molar refractivity (Wildman–Crippen MR) is 31.3 cm³/mol. The van der Waals surface area contributed by atoms with Crippen LogP contribution in [0.3, 0.4) is 0 Å². The van der Waals surface area contributed by atoms with Crippen molar-refractivity contribution >= 4 is 0 Å². The van der Waals surface area contributed by atoms with E-state index in [2.05, 4.69) is 0 Å². The average molecular weight is 154 g/mol. The van der Waals surface area contributed by atoms with Crippen molar-refractivity contribution in [2.75, 3.05) is 6.61 Å². The van der Waals surface area contributed by atoms with Gasteiger partial charge in [0.2, 0.25) is 0 Å². The second kappa shape index (κ2) is 5.29. The van der Waals surface area contributed by atoms with Crippen LogP contribution in [0.5, 0.6) is 0 Å². The van der Waals surface area contributed by atoms with Crippen molar-refractivity contribution in [2.24, 2.45) is 0 Å². The summed E-state index contributed by atoms with van der Waals surface area (Å²) in [5.41, 5.74) is 0. The number of hydrogen-bond acceptors (Lipinski definition) is 1. The Labute approximate surface area is 57.2 Å². The molecule has 0 fully saturated rings. The van der Waals surface area contributed by atoms with Crippen molar-refractivity contribution in [3.05, 3.63) is 11.9 Å². The fraction of sp³-hybridized carbons (Fsp3) is 0.667. The van der Waals surface area contributed by atoms with Gasteiger partial charge in [0.1, 0.15) is 0 Å². The average Bonchev–Trinajstić information content (AvgIpc) is 1.88. The number of aliphatic hydroxyl groups excluding tert-OH is 1. The Morgan fingerprint density at radius 3 is 2.10 bits per heavy atom. The van der Waals surface area contributed by atoms with Crippen molar-refractivity contribution in [3.63, 3.8) is 0 Å². The molecule has 0 aliphatic carbocycles. The van der Waals surface area contributed by atoms with Crippen molar-refractivity contribution in [2.45, 2.75) is 19.3 Å². The molecular formula is C6H9F3O. The summed E-state index contributed by atoms with van der Waals surface area (Å²) in [6.45, 7) is -0.0822. The summed E-state index contributed by atoms with van der Waals surface area (Å²) >= 11 is 0. The lowest BCUT2D eigenvalue weighted by atomic mass is 10.2. The standard InChI is InChI=1S/C6H9F3O/c7-5(6(8)9)3-1-2-4-10/h10H,1-4H2. The van der Waals surface area contributed by atoms with E-state index in [9.17, 15) is 13.2 Å². The predicted octanol–water partition coefficient (Wildman–Crippen LogP) is 2.23. The second-order valence-corrected chi connectivity index (χ2v) is 1.85. The molecule has 0 rings (SSSR count). The molecule has 1 nitrogen and oxygen atoms in total. The van der Waals surface area contributed by atoms with Crippen LogP contribution in [0.1, 0.15) is 19.3 Å². The van der Waals surface area contributed by atoms with Crippen LogP contribution in [-0.2, 0) is 0 Å². The van der Waals surface area contributed by atoms with E-state index in [1.165, 1.54) is 0 Å². The van der Waals surface area contributed by atoms with E-state index in [0.29, 0.717) is 6.42 Å². The highest BCUT2D eigenvalue weighted by Gasteiger charge is 2.02. The van der Waals surface area contributed by atoms with Gasteiger partial charge in [-0.1, -0.05) is 0 Å². The Kier molecular flexibility index (Phi) is 5.02. The molecule has 10 heavy (non-hydrogen) atoms. The Morgan fingerprint density at radius 2 is 1.70 bits per heavy atom.